The largest absolute Gasteiger partial charge is 0.343 e. The molecule has 4 heteroatoms. The lowest BCUT2D eigenvalue weighted by molar-refractivity contribution is -0.135. The molecule has 0 aromatic heterocycles. The summed E-state index contributed by atoms with van der Waals surface area (Å²) < 4.78 is 0. The lowest BCUT2D eigenvalue weighted by atomic mass is 9.73. The van der Waals surface area contributed by atoms with Crippen LogP contribution in [0.2, 0.25) is 0 Å². The fraction of sp³-hybridized carbons (Fsp3) is 0.650. The number of hydrogen-bond donors (Lipinski definition) is 0. The summed E-state index contributed by atoms with van der Waals surface area (Å²) in [7, 11) is 0. The van der Waals surface area contributed by atoms with Gasteiger partial charge in [-0.25, -0.2) is 0 Å². The summed E-state index contributed by atoms with van der Waals surface area (Å²) in [6, 6.07) is 0.109. The zero-order valence-corrected chi connectivity index (χ0v) is 15.0. The highest BCUT2D eigenvalue weighted by atomic mass is 16.2. The van der Waals surface area contributed by atoms with Crippen molar-refractivity contribution in [1.82, 2.24) is 4.90 Å². The molecule has 4 rings (SSSR count). The molecule has 2 heterocycles. The molecule has 2 aliphatic heterocycles. The zero-order chi connectivity index (χ0) is 16.8. The minimum absolute atomic E-state index is 0.0104. The molecule has 0 saturated heterocycles. The summed E-state index contributed by atoms with van der Waals surface area (Å²) in [5, 5.41) is 0. The number of hydrogen-bond acceptors (Lipinski definition) is 3. The van der Waals surface area contributed by atoms with Crippen LogP contribution in [-0.4, -0.2) is 48.4 Å². The van der Waals surface area contributed by atoms with Gasteiger partial charge in [0.1, 0.15) is 0 Å². The normalized spacial score (nSPS) is 33.6. The van der Waals surface area contributed by atoms with Gasteiger partial charge < -0.3 is 4.90 Å². The average Bonchev–Trinajstić information content (AvgIpc) is 2.95. The SMILES string of the molecule is CCN(CC)C(=O)[C@@H]1CC2=C3C4=CC=N[C@@H]1C[C@H](CC3=NC4)C2C. The summed E-state index contributed by atoms with van der Waals surface area (Å²) in [5.74, 6) is 1.40. The van der Waals surface area contributed by atoms with E-state index in [-0.39, 0.29) is 17.9 Å². The van der Waals surface area contributed by atoms with E-state index in [4.69, 9.17) is 9.98 Å². The molecule has 0 spiro atoms. The number of carbonyl (C=O) groups excluding carboxylic acids is 1. The molecule has 1 fully saturated rings. The fourth-order valence-electron chi connectivity index (χ4n) is 5.01. The number of rotatable bonds is 3. The second-order valence-corrected chi connectivity index (χ2v) is 7.53. The lowest BCUT2D eigenvalue weighted by Gasteiger charge is -2.31. The summed E-state index contributed by atoms with van der Waals surface area (Å²) in [4.78, 5) is 24.8. The van der Waals surface area contributed by atoms with Gasteiger partial charge >= 0.3 is 0 Å². The Bertz CT molecular complexity index is 681. The van der Waals surface area contributed by atoms with Crippen molar-refractivity contribution in [1.29, 1.82) is 0 Å². The van der Waals surface area contributed by atoms with Crippen LogP contribution >= 0.6 is 0 Å². The standard InChI is InChI=1S/C20H27N3O/c1-4-23(5-2)20(24)16-10-15-12(3)14-8-17(16)21-7-6-13-11-22-18(9-14)19(13)15/h6-7,12,14,16-17H,4-5,8-11H2,1-3H3/t12?,14-,16-,17-/m1/s1. The Hall–Kier alpha value is -1.71. The molecule has 0 radical (unpaired) electrons. The fourth-order valence-corrected chi connectivity index (χ4v) is 5.01. The Morgan fingerprint density at radius 2 is 2.08 bits per heavy atom. The van der Waals surface area contributed by atoms with Crippen LogP contribution in [0.5, 0.6) is 0 Å². The molecular weight excluding hydrogens is 298 g/mol. The van der Waals surface area contributed by atoms with E-state index >= 15 is 0 Å². The molecule has 4 aliphatic rings. The van der Waals surface area contributed by atoms with Crippen LogP contribution < -0.4 is 0 Å². The molecule has 24 heavy (non-hydrogen) atoms. The van der Waals surface area contributed by atoms with Gasteiger partial charge in [0.05, 0.1) is 18.5 Å². The molecule has 0 aromatic rings. The first-order valence-corrected chi connectivity index (χ1v) is 9.42. The van der Waals surface area contributed by atoms with E-state index in [0.717, 1.165) is 38.9 Å². The molecule has 0 N–H and O–H groups in total. The highest BCUT2D eigenvalue weighted by Crippen LogP contribution is 2.48. The number of carbonyl (C=O) groups is 1. The Morgan fingerprint density at radius 3 is 2.83 bits per heavy atom. The predicted molar refractivity (Wildman–Crippen MR) is 97.6 cm³/mol. The van der Waals surface area contributed by atoms with Gasteiger partial charge in [-0.1, -0.05) is 12.5 Å². The molecule has 4 atom stereocenters. The molecule has 2 aliphatic carbocycles. The highest BCUT2D eigenvalue weighted by molar-refractivity contribution is 6.09. The third kappa shape index (κ3) is 2.30. The minimum atomic E-state index is -0.0104. The van der Waals surface area contributed by atoms with Gasteiger partial charge in [-0.3, -0.25) is 14.8 Å². The third-order valence-corrected chi connectivity index (χ3v) is 6.48. The van der Waals surface area contributed by atoms with E-state index in [9.17, 15) is 4.79 Å². The van der Waals surface area contributed by atoms with Gasteiger partial charge in [0, 0.05) is 30.6 Å². The van der Waals surface area contributed by atoms with Crippen LogP contribution in [0.15, 0.2) is 32.8 Å². The van der Waals surface area contributed by atoms with Crippen LogP contribution in [0, 0.1) is 17.8 Å². The van der Waals surface area contributed by atoms with Crippen molar-refractivity contribution in [3.05, 3.63) is 22.8 Å². The number of fused-ring (bicyclic) bond motifs is 3. The van der Waals surface area contributed by atoms with E-state index in [1.807, 2.05) is 11.1 Å². The number of nitrogens with zero attached hydrogens (tertiary/aromatic N) is 3. The van der Waals surface area contributed by atoms with Crippen molar-refractivity contribution in [3.8, 4) is 0 Å². The molecule has 0 aromatic carbocycles. The van der Waals surface area contributed by atoms with Gasteiger partial charge in [-0.05, 0) is 56.6 Å². The Balaban J connectivity index is 1.82. The van der Waals surface area contributed by atoms with Crippen molar-refractivity contribution < 1.29 is 4.79 Å². The third-order valence-electron chi connectivity index (χ3n) is 6.48. The molecule has 4 nitrogen and oxygen atoms in total. The summed E-state index contributed by atoms with van der Waals surface area (Å²) >= 11 is 0. The van der Waals surface area contributed by atoms with Crippen LogP contribution in [-0.2, 0) is 4.79 Å². The highest BCUT2D eigenvalue weighted by Gasteiger charge is 2.44. The topological polar surface area (TPSA) is 45.0 Å². The van der Waals surface area contributed by atoms with E-state index in [1.54, 1.807) is 0 Å². The predicted octanol–water partition coefficient (Wildman–Crippen LogP) is 3.05. The second-order valence-electron chi connectivity index (χ2n) is 7.53. The molecular formula is C20H27N3O. The van der Waals surface area contributed by atoms with Crippen molar-refractivity contribution in [2.75, 3.05) is 19.6 Å². The Morgan fingerprint density at radius 1 is 1.29 bits per heavy atom. The maximum Gasteiger partial charge on any atom is 0.228 e. The molecule has 1 saturated carbocycles. The summed E-state index contributed by atoms with van der Waals surface area (Å²) in [6.07, 6.45) is 7.02. The van der Waals surface area contributed by atoms with Crippen molar-refractivity contribution in [2.45, 2.75) is 46.1 Å². The van der Waals surface area contributed by atoms with Crippen LogP contribution in [0.1, 0.15) is 40.0 Å². The molecule has 3 bridgehead atoms. The van der Waals surface area contributed by atoms with Crippen LogP contribution in [0.3, 0.4) is 0 Å². The van der Waals surface area contributed by atoms with E-state index < -0.39 is 0 Å². The zero-order valence-electron chi connectivity index (χ0n) is 15.0. The van der Waals surface area contributed by atoms with Gasteiger partial charge in [0.2, 0.25) is 5.91 Å². The number of aliphatic imine (C=N–C) groups is 2. The van der Waals surface area contributed by atoms with Gasteiger partial charge in [0.25, 0.3) is 0 Å². The van der Waals surface area contributed by atoms with Crippen molar-refractivity contribution in [2.24, 2.45) is 27.7 Å². The van der Waals surface area contributed by atoms with Gasteiger partial charge in [0.15, 0.2) is 0 Å². The number of amides is 1. The summed E-state index contributed by atoms with van der Waals surface area (Å²) in [5.41, 5.74) is 5.47. The maximum atomic E-state index is 13.2. The maximum absolute atomic E-state index is 13.2. The van der Waals surface area contributed by atoms with E-state index in [2.05, 4.69) is 26.8 Å². The van der Waals surface area contributed by atoms with Crippen molar-refractivity contribution in [3.63, 3.8) is 0 Å². The van der Waals surface area contributed by atoms with E-state index in [1.165, 1.54) is 22.4 Å². The van der Waals surface area contributed by atoms with Crippen molar-refractivity contribution >= 4 is 17.8 Å². The summed E-state index contributed by atoms with van der Waals surface area (Å²) in [6.45, 7) is 8.84. The Kier molecular flexibility index (Phi) is 3.93. The van der Waals surface area contributed by atoms with E-state index in [0.29, 0.717) is 11.8 Å². The first-order chi connectivity index (χ1) is 11.6. The quantitative estimate of drug-likeness (QED) is 0.786. The first kappa shape index (κ1) is 15.8. The number of allylic oxidation sites excluding steroid dienone is 2. The molecule has 1 unspecified atom stereocenters. The van der Waals surface area contributed by atoms with Crippen LogP contribution in [0.25, 0.3) is 0 Å². The van der Waals surface area contributed by atoms with Crippen LogP contribution in [0.4, 0.5) is 0 Å². The smallest absolute Gasteiger partial charge is 0.228 e. The van der Waals surface area contributed by atoms with Gasteiger partial charge in [-0.15, -0.1) is 0 Å². The monoisotopic (exact) mass is 325 g/mol. The average molecular weight is 325 g/mol. The lowest BCUT2D eigenvalue weighted by Crippen LogP contribution is -2.40. The van der Waals surface area contributed by atoms with Gasteiger partial charge in [-0.2, -0.15) is 0 Å². The molecule has 128 valence electrons. The first-order valence-electron chi connectivity index (χ1n) is 9.42. The molecule has 1 amide bonds. The Labute approximate surface area is 144 Å². The second kappa shape index (κ2) is 5.98. The minimum Gasteiger partial charge on any atom is -0.343 e.